The Morgan fingerprint density at radius 1 is 0.723 bits per heavy atom. The molecule has 47 heavy (non-hydrogen) atoms. The predicted molar refractivity (Wildman–Crippen MR) is 181 cm³/mol. The van der Waals surface area contributed by atoms with Crippen molar-refractivity contribution < 1.29 is 37.6 Å². The van der Waals surface area contributed by atoms with Crippen LogP contribution < -0.4 is 14.2 Å². The molecule has 0 bridgehead atoms. The van der Waals surface area contributed by atoms with Crippen LogP contribution in [-0.2, 0) is 22.3 Å². The minimum atomic E-state index is -0.788. The van der Waals surface area contributed by atoms with Crippen LogP contribution in [0.2, 0.25) is 0 Å². The molecule has 0 spiro atoms. The molecule has 1 fully saturated rings. The first-order chi connectivity index (χ1) is 22.6. The summed E-state index contributed by atoms with van der Waals surface area (Å²) in [7, 11) is 0. The van der Waals surface area contributed by atoms with Crippen LogP contribution in [0.3, 0.4) is 0 Å². The summed E-state index contributed by atoms with van der Waals surface area (Å²) in [6, 6.07) is 16.0. The molecule has 0 aromatic heterocycles. The molecule has 3 aromatic carbocycles. The van der Waals surface area contributed by atoms with Gasteiger partial charge in [-0.05, 0) is 98.2 Å². The van der Waals surface area contributed by atoms with Crippen LogP contribution in [-0.4, -0.2) is 50.5 Å². The van der Waals surface area contributed by atoms with Gasteiger partial charge in [-0.3, -0.25) is 0 Å². The number of aliphatic hydroxyl groups excluding tert-OH is 1. The average Bonchev–Trinajstić information content (AvgIpc) is 3.06. The lowest BCUT2D eigenvalue weighted by Crippen LogP contribution is -2.47. The van der Waals surface area contributed by atoms with Gasteiger partial charge in [-0.1, -0.05) is 64.2 Å². The van der Waals surface area contributed by atoms with E-state index in [1.807, 2.05) is 39.0 Å². The zero-order valence-corrected chi connectivity index (χ0v) is 28.5. The second-order valence-electron chi connectivity index (χ2n) is 13.4. The molecule has 3 aromatic rings. The fraction of sp³-hybridized carbons (Fsp3) is 0.538. The zero-order chi connectivity index (χ0) is 33.7. The molecule has 6 nitrogen and oxygen atoms in total. The summed E-state index contributed by atoms with van der Waals surface area (Å²) < 4.78 is 59.3. The van der Waals surface area contributed by atoms with E-state index in [2.05, 4.69) is 19.1 Å². The normalized spacial score (nSPS) is 15.4. The monoisotopic (exact) mass is 654 g/mol. The van der Waals surface area contributed by atoms with E-state index in [0.29, 0.717) is 55.3 Å². The molecule has 0 aliphatic carbocycles. The number of hydrogen-bond acceptors (Lipinski definition) is 6. The van der Waals surface area contributed by atoms with Gasteiger partial charge in [0, 0.05) is 12.0 Å². The van der Waals surface area contributed by atoms with Crippen molar-refractivity contribution in [1.29, 1.82) is 0 Å². The van der Waals surface area contributed by atoms with Crippen molar-refractivity contribution in [2.24, 2.45) is 5.41 Å². The molecule has 1 aliphatic heterocycles. The van der Waals surface area contributed by atoms with Crippen molar-refractivity contribution in [3.05, 3.63) is 77.4 Å². The second kappa shape index (κ2) is 17.8. The van der Waals surface area contributed by atoms with Gasteiger partial charge < -0.3 is 28.8 Å². The molecular weight excluding hydrogens is 602 g/mol. The number of rotatable bonds is 19. The van der Waals surface area contributed by atoms with Gasteiger partial charge in [0.25, 0.3) is 0 Å². The van der Waals surface area contributed by atoms with Crippen LogP contribution in [0.15, 0.2) is 54.6 Å². The molecule has 1 aliphatic rings. The first-order valence-corrected chi connectivity index (χ1v) is 17.1. The summed E-state index contributed by atoms with van der Waals surface area (Å²) in [6.07, 6.45) is 9.73. The number of benzene rings is 3. The van der Waals surface area contributed by atoms with E-state index in [9.17, 15) is 5.11 Å². The van der Waals surface area contributed by atoms with E-state index in [1.54, 1.807) is 12.1 Å². The Balaban J connectivity index is 1.30. The molecule has 0 saturated carbocycles. The Morgan fingerprint density at radius 2 is 1.38 bits per heavy atom. The Labute approximate surface area is 279 Å². The summed E-state index contributed by atoms with van der Waals surface area (Å²) in [5.41, 5.74) is 2.80. The van der Waals surface area contributed by atoms with Gasteiger partial charge in [0.15, 0.2) is 23.2 Å². The smallest absolute Gasteiger partial charge is 0.190 e. The van der Waals surface area contributed by atoms with E-state index in [1.165, 1.54) is 56.2 Å². The fourth-order valence-corrected chi connectivity index (χ4v) is 5.51. The van der Waals surface area contributed by atoms with Gasteiger partial charge >= 0.3 is 0 Å². The number of unbranched alkanes of at least 4 members (excludes halogenated alkanes) is 5. The highest BCUT2D eigenvalue weighted by Crippen LogP contribution is 2.34. The van der Waals surface area contributed by atoms with E-state index < -0.39 is 23.2 Å². The Kier molecular flexibility index (Phi) is 13.9. The molecular formula is C39H52F2O6. The number of ether oxygens (including phenoxy) is 5. The summed E-state index contributed by atoms with van der Waals surface area (Å²) in [6.45, 7) is 9.57. The number of aryl methyl sites for hydroxylation is 2. The van der Waals surface area contributed by atoms with Crippen molar-refractivity contribution in [3.63, 3.8) is 0 Å². The SMILES string of the molecule is CCCCCCCCc1ccc(OCCOc2c(F)cc(-c3ccc(OCC4(C)COC(C)(C)OC4)c(CCCO)c3)cc2F)cc1. The van der Waals surface area contributed by atoms with Crippen LogP contribution in [0, 0.1) is 17.0 Å². The maximum absolute atomic E-state index is 15.1. The molecule has 0 atom stereocenters. The minimum Gasteiger partial charge on any atom is -0.493 e. The van der Waals surface area contributed by atoms with Crippen molar-refractivity contribution in [1.82, 2.24) is 0 Å². The molecule has 0 radical (unpaired) electrons. The van der Waals surface area contributed by atoms with Crippen LogP contribution in [0.25, 0.3) is 11.1 Å². The molecule has 4 rings (SSSR count). The highest BCUT2D eigenvalue weighted by atomic mass is 19.1. The first kappa shape index (κ1) is 36.6. The van der Waals surface area contributed by atoms with Gasteiger partial charge in [-0.25, -0.2) is 8.78 Å². The van der Waals surface area contributed by atoms with Crippen molar-refractivity contribution >= 4 is 0 Å². The third-order valence-corrected chi connectivity index (χ3v) is 8.45. The lowest BCUT2D eigenvalue weighted by atomic mass is 9.92. The fourth-order valence-electron chi connectivity index (χ4n) is 5.51. The van der Waals surface area contributed by atoms with E-state index in [4.69, 9.17) is 23.7 Å². The molecule has 0 amide bonds. The van der Waals surface area contributed by atoms with Gasteiger partial charge in [0.1, 0.15) is 24.7 Å². The lowest BCUT2D eigenvalue weighted by molar-refractivity contribution is -0.285. The molecule has 1 saturated heterocycles. The Hall–Kier alpha value is -3.20. The van der Waals surface area contributed by atoms with Crippen LogP contribution >= 0.6 is 0 Å². The minimum absolute atomic E-state index is 0.00343. The van der Waals surface area contributed by atoms with Gasteiger partial charge in [-0.2, -0.15) is 0 Å². The lowest BCUT2D eigenvalue weighted by Gasteiger charge is -2.41. The highest BCUT2D eigenvalue weighted by molar-refractivity contribution is 5.67. The molecule has 1 N–H and O–H groups in total. The molecule has 258 valence electrons. The van der Waals surface area contributed by atoms with Gasteiger partial charge in [-0.15, -0.1) is 0 Å². The van der Waals surface area contributed by atoms with Crippen molar-refractivity contribution in [2.75, 3.05) is 39.6 Å². The predicted octanol–water partition coefficient (Wildman–Crippen LogP) is 9.09. The van der Waals surface area contributed by atoms with Crippen LogP contribution in [0.4, 0.5) is 8.78 Å². The summed E-state index contributed by atoms with van der Waals surface area (Å²) in [5, 5.41) is 9.46. The number of hydrogen-bond donors (Lipinski definition) is 1. The first-order valence-electron chi connectivity index (χ1n) is 17.1. The van der Waals surface area contributed by atoms with Crippen molar-refractivity contribution in [2.45, 2.75) is 91.3 Å². The summed E-state index contributed by atoms with van der Waals surface area (Å²) in [4.78, 5) is 0. The third kappa shape index (κ3) is 11.5. The largest absolute Gasteiger partial charge is 0.493 e. The molecule has 1 heterocycles. The summed E-state index contributed by atoms with van der Waals surface area (Å²) >= 11 is 0. The van der Waals surface area contributed by atoms with Crippen LogP contribution in [0.5, 0.6) is 17.2 Å². The highest BCUT2D eigenvalue weighted by Gasteiger charge is 2.37. The average molecular weight is 655 g/mol. The molecule has 8 heteroatoms. The second-order valence-corrected chi connectivity index (χ2v) is 13.4. The van der Waals surface area contributed by atoms with E-state index in [0.717, 1.165) is 12.0 Å². The molecule has 0 unspecified atom stereocenters. The van der Waals surface area contributed by atoms with Gasteiger partial charge in [0.05, 0.1) is 19.8 Å². The standard InChI is InChI=1S/C39H52F2O6/c1-5-6-7-8-9-10-12-29-14-17-33(18-15-29)43-21-22-44-37-34(40)24-32(25-35(37)41)30-16-19-36(31(23-30)13-11-20-42)45-26-39(4)27-46-38(2,3)47-28-39/h14-19,23-25,42H,5-13,20-22,26-28H2,1-4H3. The van der Waals surface area contributed by atoms with Crippen LogP contribution in [0.1, 0.15) is 83.8 Å². The van der Waals surface area contributed by atoms with Crippen molar-refractivity contribution in [3.8, 4) is 28.4 Å². The topological polar surface area (TPSA) is 66.4 Å². The Morgan fingerprint density at radius 3 is 2.06 bits per heavy atom. The van der Waals surface area contributed by atoms with E-state index >= 15 is 8.78 Å². The number of halogens is 2. The Bertz CT molecular complexity index is 1360. The zero-order valence-electron chi connectivity index (χ0n) is 28.5. The maximum Gasteiger partial charge on any atom is 0.190 e. The third-order valence-electron chi connectivity index (χ3n) is 8.45. The maximum atomic E-state index is 15.1. The number of aliphatic hydroxyl groups is 1. The summed E-state index contributed by atoms with van der Waals surface area (Å²) in [5.74, 6) is -1.28. The van der Waals surface area contributed by atoms with Gasteiger partial charge in [0.2, 0.25) is 0 Å². The van der Waals surface area contributed by atoms with E-state index in [-0.39, 0.29) is 25.2 Å². The quantitative estimate of drug-likeness (QED) is 0.130.